The lowest BCUT2D eigenvalue weighted by molar-refractivity contribution is -0.128. The Labute approximate surface area is 221 Å². The van der Waals surface area contributed by atoms with Gasteiger partial charge in [0.2, 0.25) is 11.8 Å². The van der Waals surface area contributed by atoms with Gasteiger partial charge in [0.15, 0.2) is 6.04 Å². The van der Waals surface area contributed by atoms with Crippen LogP contribution >= 0.6 is 11.6 Å². The van der Waals surface area contributed by atoms with Crippen molar-refractivity contribution < 1.29 is 14.3 Å². The maximum atomic E-state index is 14.2. The van der Waals surface area contributed by atoms with Gasteiger partial charge in [-0.1, -0.05) is 35.9 Å². The molecular formula is C27H31ClN6O3. The van der Waals surface area contributed by atoms with E-state index in [1.54, 1.807) is 18.2 Å². The van der Waals surface area contributed by atoms with Gasteiger partial charge in [0.1, 0.15) is 17.8 Å². The van der Waals surface area contributed by atoms with Crippen LogP contribution in [0.15, 0.2) is 60.8 Å². The normalized spacial score (nSPS) is 12.4. The number of hydrogen-bond acceptors (Lipinski definition) is 5. The number of anilines is 1. The summed E-state index contributed by atoms with van der Waals surface area (Å²) in [5, 5.41) is 11.9. The van der Waals surface area contributed by atoms with Crippen LogP contribution in [0.5, 0.6) is 5.75 Å². The molecule has 194 valence electrons. The van der Waals surface area contributed by atoms with E-state index in [9.17, 15) is 9.59 Å². The molecule has 1 unspecified atom stereocenters. The molecule has 10 heteroatoms. The zero-order valence-electron chi connectivity index (χ0n) is 21.6. The Bertz CT molecular complexity index is 1430. The van der Waals surface area contributed by atoms with Gasteiger partial charge in [-0.2, -0.15) is 0 Å². The van der Waals surface area contributed by atoms with Crippen LogP contribution in [0.1, 0.15) is 38.9 Å². The van der Waals surface area contributed by atoms with Gasteiger partial charge >= 0.3 is 0 Å². The van der Waals surface area contributed by atoms with Crippen molar-refractivity contribution in [3.05, 3.63) is 71.5 Å². The first-order valence-electron chi connectivity index (χ1n) is 12.0. The summed E-state index contributed by atoms with van der Waals surface area (Å²) < 4.78 is 8.96. The minimum atomic E-state index is -1.01. The highest BCUT2D eigenvalue weighted by atomic mass is 35.5. The van der Waals surface area contributed by atoms with Gasteiger partial charge in [-0.3, -0.25) is 14.5 Å². The Morgan fingerprint density at radius 2 is 1.92 bits per heavy atom. The smallest absolute Gasteiger partial charge is 0.249 e. The zero-order valence-corrected chi connectivity index (χ0v) is 22.4. The molecule has 0 aliphatic heterocycles. The van der Waals surface area contributed by atoms with Gasteiger partial charge in [0.25, 0.3) is 0 Å². The Morgan fingerprint density at radius 3 is 2.59 bits per heavy atom. The molecule has 0 spiro atoms. The zero-order chi connectivity index (χ0) is 26.7. The van der Waals surface area contributed by atoms with Crippen LogP contribution in [-0.2, 0) is 23.2 Å². The number of halogens is 1. The number of methoxy groups -OCH3 is 1. The molecule has 2 aromatic carbocycles. The van der Waals surface area contributed by atoms with Crippen molar-refractivity contribution in [1.82, 2.24) is 24.9 Å². The SMILES string of the molecule is CCC(C)(C)NC(=O)C(c1cccn1C)N(C(=O)Cn1nnc2ccccc21)c1cc(Cl)ccc1OC. The first-order chi connectivity index (χ1) is 17.6. The van der Waals surface area contributed by atoms with Crippen molar-refractivity contribution in [3.8, 4) is 5.75 Å². The van der Waals surface area contributed by atoms with Crippen LogP contribution in [0.3, 0.4) is 0 Å². The summed E-state index contributed by atoms with van der Waals surface area (Å²) in [5.74, 6) is -0.303. The molecule has 2 aromatic heterocycles. The number of para-hydroxylation sites is 1. The molecule has 9 nitrogen and oxygen atoms in total. The molecule has 0 fully saturated rings. The number of hydrogen-bond donors (Lipinski definition) is 1. The Hall–Kier alpha value is -3.85. The second-order valence-corrected chi connectivity index (χ2v) is 9.93. The summed E-state index contributed by atoms with van der Waals surface area (Å²) in [6, 6.07) is 15.0. The molecule has 37 heavy (non-hydrogen) atoms. The van der Waals surface area contributed by atoms with Gasteiger partial charge in [0.05, 0.1) is 24.0 Å². The van der Waals surface area contributed by atoms with Crippen LogP contribution in [-0.4, -0.2) is 44.0 Å². The topological polar surface area (TPSA) is 94.3 Å². The summed E-state index contributed by atoms with van der Waals surface area (Å²) in [7, 11) is 3.35. The number of nitrogens with one attached hydrogen (secondary N) is 1. The van der Waals surface area contributed by atoms with Crippen LogP contribution in [0.25, 0.3) is 11.0 Å². The van der Waals surface area contributed by atoms with E-state index >= 15 is 0 Å². The third-order valence-corrected chi connectivity index (χ3v) is 6.73. The summed E-state index contributed by atoms with van der Waals surface area (Å²) in [5.41, 5.74) is 1.89. The quantitative estimate of drug-likeness (QED) is 0.349. The van der Waals surface area contributed by atoms with Crippen molar-refractivity contribution in [3.63, 3.8) is 0 Å². The highest BCUT2D eigenvalue weighted by Crippen LogP contribution is 2.37. The van der Waals surface area contributed by atoms with E-state index in [0.29, 0.717) is 39.6 Å². The number of aromatic nitrogens is 4. The van der Waals surface area contributed by atoms with Gasteiger partial charge in [0, 0.05) is 23.8 Å². The second-order valence-electron chi connectivity index (χ2n) is 9.49. The molecule has 1 atom stereocenters. The molecule has 0 aliphatic carbocycles. The number of rotatable bonds is 9. The molecule has 2 heterocycles. The van der Waals surface area contributed by atoms with E-state index in [0.717, 1.165) is 0 Å². The summed E-state index contributed by atoms with van der Waals surface area (Å²) >= 11 is 6.39. The second kappa shape index (κ2) is 10.6. The molecule has 0 saturated heterocycles. The maximum absolute atomic E-state index is 14.2. The van der Waals surface area contributed by atoms with E-state index in [1.165, 1.54) is 16.7 Å². The largest absolute Gasteiger partial charge is 0.495 e. The molecule has 2 amide bonds. The number of carbonyl (C=O) groups excluding carboxylic acids is 2. The fourth-order valence-corrected chi connectivity index (χ4v) is 4.31. The van der Waals surface area contributed by atoms with Gasteiger partial charge < -0.3 is 14.6 Å². The van der Waals surface area contributed by atoms with Crippen LogP contribution < -0.4 is 15.0 Å². The molecule has 4 aromatic rings. The van der Waals surface area contributed by atoms with Crippen molar-refractivity contribution in [1.29, 1.82) is 0 Å². The molecule has 0 saturated carbocycles. The van der Waals surface area contributed by atoms with Gasteiger partial charge in [-0.15, -0.1) is 5.10 Å². The lowest BCUT2D eigenvalue weighted by atomic mass is 10.00. The van der Waals surface area contributed by atoms with Crippen molar-refractivity contribution >= 4 is 40.1 Å². The lowest BCUT2D eigenvalue weighted by Crippen LogP contribution is -2.51. The number of benzene rings is 2. The number of carbonyl (C=O) groups is 2. The van der Waals surface area contributed by atoms with Crippen LogP contribution in [0.2, 0.25) is 5.02 Å². The molecule has 0 bridgehead atoms. The van der Waals surface area contributed by atoms with E-state index in [2.05, 4.69) is 15.6 Å². The maximum Gasteiger partial charge on any atom is 0.249 e. The fraction of sp³-hybridized carbons (Fsp3) is 0.333. The predicted molar refractivity (Wildman–Crippen MR) is 144 cm³/mol. The standard InChI is InChI=1S/C27H31ClN6O3/c1-6-27(2,3)29-26(36)25(21-12-9-15-32(21)4)34(22-16-18(28)13-14-23(22)37-5)24(35)17-33-20-11-8-7-10-19(20)30-31-33/h7-16,25H,6,17H2,1-5H3,(H,29,36). The van der Waals surface area contributed by atoms with E-state index in [-0.39, 0.29) is 18.4 Å². The van der Waals surface area contributed by atoms with Gasteiger partial charge in [-0.25, -0.2) is 4.68 Å². The number of nitrogens with zero attached hydrogens (tertiary/aromatic N) is 5. The summed E-state index contributed by atoms with van der Waals surface area (Å²) in [6.07, 6.45) is 2.54. The van der Waals surface area contributed by atoms with E-state index < -0.39 is 11.6 Å². The van der Waals surface area contributed by atoms with Crippen molar-refractivity contribution in [2.75, 3.05) is 12.0 Å². The molecule has 1 N–H and O–H groups in total. The Morgan fingerprint density at radius 1 is 1.16 bits per heavy atom. The van der Waals surface area contributed by atoms with Gasteiger partial charge in [-0.05, 0) is 62.7 Å². The Kier molecular flexibility index (Phi) is 7.54. The minimum absolute atomic E-state index is 0.151. The third kappa shape index (κ3) is 5.46. The minimum Gasteiger partial charge on any atom is -0.495 e. The average molecular weight is 523 g/mol. The Balaban J connectivity index is 1.88. The highest BCUT2D eigenvalue weighted by molar-refractivity contribution is 6.31. The average Bonchev–Trinajstić information content (AvgIpc) is 3.48. The lowest BCUT2D eigenvalue weighted by Gasteiger charge is -2.35. The molecular weight excluding hydrogens is 492 g/mol. The number of ether oxygens (including phenoxy) is 1. The van der Waals surface area contributed by atoms with Crippen LogP contribution in [0.4, 0.5) is 5.69 Å². The van der Waals surface area contributed by atoms with E-state index in [4.69, 9.17) is 16.3 Å². The first-order valence-corrected chi connectivity index (χ1v) is 12.4. The summed E-state index contributed by atoms with van der Waals surface area (Å²) in [4.78, 5) is 29.6. The molecule has 0 radical (unpaired) electrons. The van der Waals surface area contributed by atoms with Crippen LogP contribution in [0, 0.1) is 0 Å². The monoisotopic (exact) mass is 522 g/mol. The molecule has 0 aliphatic rings. The number of fused-ring (bicyclic) bond motifs is 1. The highest BCUT2D eigenvalue weighted by Gasteiger charge is 2.38. The van der Waals surface area contributed by atoms with Crippen molar-refractivity contribution in [2.45, 2.75) is 45.3 Å². The summed E-state index contributed by atoms with van der Waals surface area (Å²) in [6.45, 7) is 5.74. The predicted octanol–water partition coefficient (Wildman–Crippen LogP) is 4.51. The van der Waals surface area contributed by atoms with E-state index in [1.807, 2.05) is 75.0 Å². The fourth-order valence-electron chi connectivity index (χ4n) is 4.14. The third-order valence-electron chi connectivity index (χ3n) is 6.49. The first kappa shape index (κ1) is 26.2. The van der Waals surface area contributed by atoms with Crippen molar-refractivity contribution in [2.24, 2.45) is 7.05 Å². The number of amides is 2. The molecule has 4 rings (SSSR count). The number of aryl methyl sites for hydroxylation is 1.